The molecule has 2 heterocycles. The first-order valence-corrected chi connectivity index (χ1v) is 9.77. The molecule has 0 saturated carbocycles. The van der Waals surface area contributed by atoms with Crippen LogP contribution in [0.25, 0.3) is 0 Å². The molecule has 2 aromatic rings. The molecule has 142 valence electrons. The maximum Gasteiger partial charge on any atom is 0.291 e. The Morgan fingerprint density at radius 3 is 2.81 bits per heavy atom. The van der Waals surface area contributed by atoms with Crippen LogP contribution in [0.3, 0.4) is 0 Å². The van der Waals surface area contributed by atoms with E-state index in [9.17, 15) is 9.59 Å². The topological polar surface area (TPSA) is 80.6 Å². The highest BCUT2D eigenvalue weighted by molar-refractivity contribution is 8.02. The summed E-state index contributed by atoms with van der Waals surface area (Å²) in [6, 6.07) is 8.85. The first kappa shape index (κ1) is 19.1. The van der Waals surface area contributed by atoms with Gasteiger partial charge in [0.2, 0.25) is 0 Å². The molecule has 0 fully saturated rings. The minimum absolute atomic E-state index is 0.0826. The van der Waals surface area contributed by atoms with E-state index in [1.807, 2.05) is 32.0 Å². The summed E-state index contributed by atoms with van der Waals surface area (Å²) in [7, 11) is 0. The molecule has 6 nitrogen and oxygen atoms in total. The monoisotopic (exact) mass is 386 g/mol. The highest BCUT2D eigenvalue weighted by atomic mass is 32.2. The molecule has 0 aliphatic carbocycles. The lowest BCUT2D eigenvalue weighted by Gasteiger charge is -2.16. The second-order valence-corrected chi connectivity index (χ2v) is 7.32. The van der Waals surface area contributed by atoms with E-state index < -0.39 is 0 Å². The molecule has 1 aromatic carbocycles. The van der Waals surface area contributed by atoms with Crippen molar-refractivity contribution in [3.63, 3.8) is 0 Å². The van der Waals surface area contributed by atoms with E-state index in [1.165, 1.54) is 0 Å². The number of thioether (sulfide) groups is 1. The second kappa shape index (κ2) is 8.81. The number of nitrogens with one attached hydrogen (secondary N) is 2. The van der Waals surface area contributed by atoms with Crippen LogP contribution in [0.1, 0.15) is 28.6 Å². The number of carbonyl (C=O) groups is 2. The predicted molar refractivity (Wildman–Crippen MR) is 106 cm³/mol. The SMILES string of the molecule is Cc1ccc(C(=O)N[C@@H](C)Cc2ccco2)cc1NC(=O)C1=CSCCO1. The highest BCUT2D eigenvalue weighted by Gasteiger charge is 2.17. The molecule has 3 rings (SSSR count). The van der Waals surface area contributed by atoms with Crippen LogP contribution in [0.15, 0.2) is 52.2 Å². The van der Waals surface area contributed by atoms with Gasteiger partial charge in [-0.1, -0.05) is 6.07 Å². The van der Waals surface area contributed by atoms with Crippen LogP contribution in [0.4, 0.5) is 5.69 Å². The Morgan fingerprint density at radius 1 is 1.26 bits per heavy atom. The fourth-order valence-corrected chi connectivity index (χ4v) is 3.28. The molecule has 1 atom stereocenters. The number of hydrogen-bond donors (Lipinski definition) is 2. The average Bonchev–Trinajstić information content (AvgIpc) is 3.17. The van der Waals surface area contributed by atoms with Gasteiger partial charge in [-0.3, -0.25) is 9.59 Å². The molecule has 0 bridgehead atoms. The largest absolute Gasteiger partial charge is 0.487 e. The van der Waals surface area contributed by atoms with Crippen molar-refractivity contribution in [2.45, 2.75) is 26.3 Å². The number of aryl methyl sites for hydroxylation is 1. The number of benzene rings is 1. The lowest BCUT2D eigenvalue weighted by atomic mass is 10.1. The summed E-state index contributed by atoms with van der Waals surface area (Å²) in [4.78, 5) is 24.9. The smallest absolute Gasteiger partial charge is 0.291 e. The Labute approximate surface area is 162 Å². The van der Waals surface area contributed by atoms with Gasteiger partial charge in [0.05, 0.1) is 12.9 Å². The minimum Gasteiger partial charge on any atom is -0.487 e. The molecule has 1 aromatic heterocycles. The van der Waals surface area contributed by atoms with Crippen molar-refractivity contribution in [3.8, 4) is 0 Å². The van der Waals surface area contributed by atoms with Gasteiger partial charge in [0, 0.05) is 34.9 Å². The van der Waals surface area contributed by atoms with Crippen LogP contribution in [0.2, 0.25) is 0 Å². The number of carbonyl (C=O) groups excluding carboxylic acids is 2. The molecule has 0 spiro atoms. The molecule has 0 saturated heterocycles. The van der Waals surface area contributed by atoms with Gasteiger partial charge in [-0.15, -0.1) is 11.8 Å². The lowest BCUT2D eigenvalue weighted by Crippen LogP contribution is -2.34. The fraction of sp³-hybridized carbons (Fsp3) is 0.300. The third kappa shape index (κ3) is 5.17. The van der Waals surface area contributed by atoms with E-state index in [0.717, 1.165) is 17.1 Å². The van der Waals surface area contributed by atoms with E-state index >= 15 is 0 Å². The van der Waals surface area contributed by atoms with E-state index in [-0.39, 0.29) is 17.9 Å². The third-order valence-corrected chi connectivity index (χ3v) is 4.87. The molecular weight excluding hydrogens is 364 g/mol. The molecule has 1 aliphatic rings. The maximum atomic E-state index is 12.5. The van der Waals surface area contributed by atoms with Gasteiger partial charge in [0.1, 0.15) is 5.76 Å². The van der Waals surface area contributed by atoms with Crippen LogP contribution in [-0.4, -0.2) is 30.2 Å². The zero-order chi connectivity index (χ0) is 19.2. The van der Waals surface area contributed by atoms with E-state index in [4.69, 9.17) is 9.15 Å². The van der Waals surface area contributed by atoms with Crippen LogP contribution < -0.4 is 10.6 Å². The van der Waals surface area contributed by atoms with Gasteiger partial charge >= 0.3 is 0 Å². The Kier molecular flexibility index (Phi) is 6.24. The van der Waals surface area contributed by atoms with Crippen molar-refractivity contribution >= 4 is 29.3 Å². The van der Waals surface area contributed by atoms with Crippen molar-refractivity contribution < 1.29 is 18.7 Å². The van der Waals surface area contributed by atoms with Crippen molar-refractivity contribution in [3.05, 3.63) is 64.6 Å². The summed E-state index contributed by atoms with van der Waals surface area (Å²) in [5.41, 5.74) is 1.94. The van der Waals surface area contributed by atoms with Gasteiger partial charge in [0.25, 0.3) is 11.8 Å². The van der Waals surface area contributed by atoms with Crippen LogP contribution in [-0.2, 0) is 16.0 Å². The quantitative estimate of drug-likeness (QED) is 0.794. The summed E-state index contributed by atoms with van der Waals surface area (Å²) >= 11 is 1.54. The van der Waals surface area contributed by atoms with Gasteiger partial charge in [0.15, 0.2) is 5.76 Å². The summed E-state index contributed by atoms with van der Waals surface area (Å²) in [6.45, 7) is 4.31. The molecule has 2 N–H and O–H groups in total. The predicted octanol–water partition coefficient (Wildman–Crippen LogP) is 3.49. The van der Waals surface area contributed by atoms with E-state index in [1.54, 1.807) is 35.6 Å². The fourth-order valence-electron chi connectivity index (χ4n) is 2.66. The van der Waals surface area contributed by atoms with Crippen LogP contribution >= 0.6 is 11.8 Å². The van der Waals surface area contributed by atoms with Gasteiger partial charge in [-0.2, -0.15) is 0 Å². The Bertz CT molecular complexity index is 846. The normalized spacial score (nSPS) is 14.7. The molecule has 7 heteroatoms. The molecule has 27 heavy (non-hydrogen) atoms. The van der Waals surface area contributed by atoms with Gasteiger partial charge in [-0.05, 0) is 43.7 Å². The van der Waals surface area contributed by atoms with Gasteiger partial charge < -0.3 is 19.8 Å². The number of anilines is 1. The van der Waals surface area contributed by atoms with Crippen molar-refractivity contribution in [2.75, 3.05) is 17.7 Å². The summed E-state index contributed by atoms with van der Waals surface area (Å²) in [5.74, 6) is 1.44. The Morgan fingerprint density at radius 2 is 2.11 bits per heavy atom. The maximum absolute atomic E-state index is 12.5. The van der Waals surface area contributed by atoms with Crippen molar-refractivity contribution in [2.24, 2.45) is 0 Å². The van der Waals surface area contributed by atoms with Crippen molar-refractivity contribution in [1.82, 2.24) is 5.32 Å². The Hall–Kier alpha value is -2.67. The van der Waals surface area contributed by atoms with E-state index in [0.29, 0.717) is 30.0 Å². The minimum atomic E-state index is -0.311. The number of amides is 2. The average molecular weight is 386 g/mol. The number of ether oxygens (including phenoxy) is 1. The zero-order valence-corrected chi connectivity index (χ0v) is 16.1. The van der Waals surface area contributed by atoms with E-state index in [2.05, 4.69) is 10.6 Å². The standard InChI is InChI=1S/C20H22N2O4S/c1-13-5-6-15(19(23)21-14(2)10-16-4-3-7-25-16)11-17(13)22-20(24)18-12-27-9-8-26-18/h3-7,11-12,14H,8-10H2,1-2H3,(H,21,23)(H,22,24)/t14-/m0/s1. The van der Waals surface area contributed by atoms with Crippen molar-refractivity contribution in [1.29, 1.82) is 0 Å². The summed E-state index contributed by atoms with van der Waals surface area (Å²) in [5, 5.41) is 7.48. The molecule has 1 aliphatic heterocycles. The molecule has 0 unspecified atom stereocenters. The van der Waals surface area contributed by atoms with Crippen LogP contribution in [0, 0.1) is 6.92 Å². The third-order valence-electron chi connectivity index (χ3n) is 4.09. The lowest BCUT2D eigenvalue weighted by molar-refractivity contribution is -0.116. The molecule has 0 radical (unpaired) electrons. The first-order chi connectivity index (χ1) is 13.0. The number of rotatable bonds is 6. The summed E-state index contributed by atoms with van der Waals surface area (Å²) < 4.78 is 10.7. The van der Waals surface area contributed by atoms with Gasteiger partial charge in [-0.25, -0.2) is 0 Å². The second-order valence-electron chi connectivity index (χ2n) is 6.34. The summed E-state index contributed by atoms with van der Waals surface area (Å²) in [6.07, 6.45) is 2.22. The zero-order valence-electron chi connectivity index (χ0n) is 15.3. The molecule has 2 amide bonds. The highest BCUT2D eigenvalue weighted by Crippen LogP contribution is 2.21. The number of furan rings is 1. The molecular formula is C20H22N2O4S. The first-order valence-electron chi connectivity index (χ1n) is 8.73. The Balaban J connectivity index is 1.65. The van der Waals surface area contributed by atoms with Crippen LogP contribution in [0.5, 0.6) is 0 Å². The number of hydrogen-bond acceptors (Lipinski definition) is 5.